The molecule has 8 nitrogen and oxygen atoms in total. The van der Waals surface area contributed by atoms with E-state index in [1.54, 1.807) is 7.05 Å². The molecule has 168 valence electrons. The zero-order chi connectivity index (χ0) is 20.5. The topological polar surface area (TPSA) is 95.1 Å². The van der Waals surface area contributed by atoms with Gasteiger partial charge in [0.15, 0.2) is 5.96 Å². The second-order valence-corrected chi connectivity index (χ2v) is 10.5. The minimum Gasteiger partial charge on any atom is -0.377 e. The maximum absolute atomic E-state index is 12.2. The highest BCUT2D eigenvalue weighted by molar-refractivity contribution is 7.89. The number of guanidine groups is 1. The third-order valence-electron chi connectivity index (χ3n) is 6.40. The number of hydrogen-bond acceptors (Lipinski definition) is 5. The summed E-state index contributed by atoms with van der Waals surface area (Å²) in [7, 11) is -1.58. The number of aliphatic imine (C=N–C) groups is 1. The molecule has 29 heavy (non-hydrogen) atoms. The average Bonchev–Trinajstić information content (AvgIpc) is 3.28. The fraction of sp³-hybridized carbons (Fsp3) is 0.950. The van der Waals surface area contributed by atoms with Gasteiger partial charge in [0, 0.05) is 51.9 Å². The molecule has 1 saturated carbocycles. The van der Waals surface area contributed by atoms with Crippen LogP contribution in [0.25, 0.3) is 0 Å². The summed E-state index contributed by atoms with van der Waals surface area (Å²) < 4.78 is 32.7. The monoisotopic (exact) mass is 429 g/mol. The number of ether oxygens (including phenoxy) is 1. The van der Waals surface area contributed by atoms with Gasteiger partial charge in [-0.2, -0.15) is 0 Å². The van der Waals surface area contributed by atoms with Gasteiger partial charge in [0.05, 0.1) is 11.9 Å². The van der Waals surface area contributed by atoms with Crippen LogP contribution in [0.4, 0.5) is 0 Å². The maximum atomic E-state index is 12.2. The van der Waals surface area contributed by atoms with E-state index >= 15 is 0 Å². The first kappa shape index (κ1) is 22.8. The Morgan fingerprint density at radius 1 is 1.07 bits per heavy atom. The molecule has 0 aromatic heterocycles. The molecule has 3 N–H and O–H groups in total. The van der Waals surface area contributed by atoms with E-state index in [2.05, 4.69) is 25.2 Å². The van der Waals surface area contributed by atoms with E-state index < -0.39 is 10.0 Å². The van der Waals surface area contributed by atoms with Crippen LogP contribution < -0.4 is 15.4 Å². The van der Waals surface area contributed by atoms with E-state index in [0.717, 1.165) is 57.8 Å². The van der Waals surface area contributed by atoms with Crippen molar-refractivity contribution in [3.05, 3.63) is 0 Å². The van der Waals surface area contributed by atoms with Gasteiger partial charge in [0.25, 0.3) is 0 Å². The van der Waals surface area contributed by atoms with Crippen LogP contribution in [0, 0.1) is 0 Å². The number of hydrogen-bond donors (Lipinski definition) is 3. The van der Waals surface area contributed by atoms with Crippen molar-refractivity contribution < 1.29 is 13.2 Å². The summed E-state index contributed by atoms with van der Waals surface area (Å²) in [5, 5.41) is 6.62. The number of likely N-dealkylation sites (tertiary alicyclic amines) is 1. The molecule has 0 radical (unpaired) electrons. The maximum Gasteiger partial charge on any atom is 0.213 e. The van der Waals surface area contributed by atoms with Crippen molar-refractivity contribution in [2.24, 2.45) is 4.99 Å². The molecule has 1 aliphatic carbocycles. The molecule has 0 amide bonds. The van der Waals surface area contributed by atoms with Gasteiger partial charge in [-0.3, -0.25) is 4.99 Å². The van der Waals surface area contributed by atoms with Gasteiger partial charge in [0.2, 0.25) is 10.0 Å². The van der Waals surface area contributed by atoms with Gasteiger partial charge in [-0.25, -0.2) is 13.1 Å². The normalized spacial score (nSPS) is 26.0. The van der Waals surface area contributed by atoms with Crippen molar-refractivity contribution in [2.75, 3.05) is 45.6 Å². The smallest absolute Gasteiger partial charge is 0.213 e. The van der Waals surface area contributed by atoms with Crippen LogP contribution in [0.3, 0.4) is 0 Å². The minimum absolute atomic E-state index is 0.0102. The first-order valence-corrected chi connectivity index (χ1v) is 13.0. The second kappa shape index (κ2) is 11.5. The molecule has 1 atom stereocenters. The summed E-state index contributed by atoms with van der Waals surface area (Å²) in [5.74, 6) is 0.718. The summed E-state index contributed by atoms with van der Waals surface area (Å²) in [6.45, 7) is 3.72. The van der Waals surface area contributed by atoms with E-state index in [1.807, 2.05) is 0 Å². The van der Waals surface area contributed by atoms with E-state index in [9.17, 15) is 8.42 Å². The summed E-state index contributed by atoms with van der Waals surface area (Å²) in [6.07, 6.45) is 10.8. The lowest BCUT2D eigenvalue weighted by Gasteiger charge is -2.36. The van der Waals surface area contributed by atoms with E-state index in [4.69, 9.17) is 4.74 Å². The number of sulfonamides is 1. The van der Waals surface area contributed by atoms with Crippen molar-refractivity contribution in [2.45, 2.75) is 76.0 Å². The molecule has 0 aromatic rings. The standard InChI is InChI=1S/C20H39N5O3S/c1-21-20(24-17-9-12-25(13-10-17)18-6-2-3-7-18)22-11-15-29(26,27)23-16-19-8-4-5-14-28-19/h17-19,23H,2-16H2,1H3,(H2,21,22,24). The quantitative estimate of drug-likeness (QED) is 0.394. The summed E-state index contributed by atoms with van der Waals surface area (Å²) in [5.41, 5.74) is 0. The zero-order valence-electron chi connectivity index (χ0n) is 17.9. The fourth-order valence-electron chi connectivity index (χ4n) is 4.63. The lowest BCUT2D eigenvalue weighted by molar-refractivity contribution is 0.0200. The number of piperidine rings is 1. The third kappa shape index (κ3) is 7.70. The Labute approximate surface area is 176 Å². The Balaban J connectivity index is 1.31. The molecule has 0 aromatic carbocycles. The molecule has 3 fully saturated rings. The molecule has 3 rings (SSSR count). The van der Waals surface area contributed by atoms with Crippen LogP contribution in [0.15, 0.2) is 4.99 Å². The van der Waals surface area contributed by atoms with E-state index in [0.29, 0.717) is 25.1 Å². The Morgan fingerprint density at radius 2 is 1.79 bits per heavy atom. The Bertz CT molecular complexity index is 608. The molecule has 1 unspecified atom stereocenters. The van der Waals surface area contributed by atoms with Gasteiger partial charge >= 0.3 is 0 Å². The molecular weight excluding hydrogens is 390 g/mol. The van der Waals surface area contributed by atoms with Crippen molar-refractivity contribution >= 4 is 16.0 Å². The SMILES string of the molecule is CN=C(NCCS(=O)(=O)NCC1CCCCO1)NC1CCN(C2CCCC2)CC1. The summed E-state index contributed by atoms with van der Waals surface area (Å²) in [4.78, 5) is 6.91. The van der Waals surface area contributed by atoms with Crippen LogP contribution in [-0.4, -0.2) is 83.1 Å². The van der Waals surface area contributed by atoms with Gasteiger partial charge < -0.3 is 20.3 Å². The van der Waals surface area contributed by atoms with Crippen molar-refractivity contribution in [1.29, 1.82) is 0 Å². The Hall–Kier alpha value is -0.900. The van der Waals surface area contributed by atoms with Crippen LogP contribution in [-0.2, 0) is 14.8 Å². The molecule has 2 heterocycles. The Morgan fingerprint density at radius 3 is 2.45 bits per heavy atom. The fourth-order valence-corrected chi connectivity index (χ4v) is 5.59. The number of nitrogens with zero attached hydrogens (tertiary/aromatic N) is 2. The number of rotatable bonds is 8. The molecule has 2 aliphatic heterocycles. The van der Waals surface area contributed by atoms with Gasteiger partial charge in [0.1, 0.15) is 0 Å². The van der Waals surface area contributed by atoms with Gasteiger partial charge in [-0.05, 0) is 44.9 Å². The van der Waals surface area contributed by atoms with Crippen LogP contribution in [0.2, 0.25) is 0 Å². The van der Waals surface area contributed by atoms with E-state index in [-0.39, 0.29) is 11.9 Å². The van der Waals surface area contributed by atoms with Crippen LogP contribution in [0.5, 0.6) is 0 Å². The lowest BCUT2D eigenvalue weighted by Crippen LogP contribution is -2.51. The molecular formula is C20H39N5O3S. The first-order chi connectivity index (χ1) is 14.1. The summed E-state index contributed by atoms with van der Waals surface area (Å²) in [6, 6.07) is 1.20. The van der Waals surface area contributed by atoms with Crippen molar-refractivity contribution in [3.63, 3.8) is 0 Å². The van der Waals surface area contributed by atoms with Crippen molar-refractivity contribution in [3.8, 4) is 0 Å². The minimum atomic E-state index is -3.32. The predicted octanol–water partition coefficient (Wildman–Crippen LogP) is 1.05. The molecule has 9 heteroatoms. The van der Waals surface area contributed by atoms with Crippen LogP contribution >= 0.6 is 0 Å². The predicted molar refractivity (Wildman–Crippen MR) is 117 cm³/mol. The highest BCUT2D eigenvalue weighted by Crippen LogP contribution is 2.26. The first-order valence-electron chi connectivity index (χ1n) is 11.4. The summed E-state index contributed by atoms with van der Waals surface area (Å²) >= 11 is 0. The third-order valence-corrected chi connectivity index (χ3v) is 7.75. The molecule has 0 spiro atoms. The van der Waals surface area contributed by atoms with Crippen molar-refractivity contribution in [1.82, 2.24) is 20.3 Å². The zero-order valence-corrected chi connectivity index (χ0v) is 18.7. The molecule has 0 bridgehead atoms. The largest absolute Gasteiger partial charge is 0.377 e. The highest BCUT2D eigenvalue weighted by atomic mass is 32.2. The second-order valence-electron chi connectivity index (χ2n) is 8.55. The average molecular weight is 430 g/mol. The lowest BCUT2D eigenvalue weighted by atomic mass is 10.0. The van der Waals surface area contributed by atoms with E-state index in [1.165, 1.54) is 25.7 Å². The van der Waals surface area contributed by atoms with Gasteiger partial charge in [-0.1, -0.05) is 12.8 Å². The molecule has 2 saturated heterocycles. The Kier molecular flexibility index (Phi) is 9.02. The van der Waals surface area contributed by atoms with Crippen LogP contribution in [0.1, 0.15) is 57.8 Å². The highest BCUT2D eigenvalue weighted by Gasteiger charge is 2.27. The van der Waals surface area contributed by atoms with Gasteiger partial charge in [-0.15, -0.1) is 0 Å². The molecule has 3 aliphatic rings. The number of nitrogens with one attached hydrogen (secondary N) is 3.